The number of aliphatic hydroxyl groups is 1. The number of hydrogen-bond donors (Lipinski definition) is 3. The standard InChI is InChI=1S/C38H47NO6S2/c1-4-6-8-9-12-23-39(3)27-28-15-21-35(40)34(25-28)38(41)33-14-11-10-13-32(33)29-16-22-36(37(26-29)47(42,43)44)46-31-19-17-30(18-20-31)45-24-7-5-2/h10-11,13-22,25-26,38,40-41H,4-9,12,23-24,27H2,1-3H3,(H,42,43,44). The van der Waals surface area contributed by atoms with Gasteiger partial charge in [-0.05, 0) is 97.2 Å². The van der Waals surface area contributed by atoms with Crippen LogP contribution in [0.3, 0.4) is 0 Å². The van der Waals surface area contributed by atoms with Gasteiger partial charge in [0.15, 0.2) is 0 Å². The van der Waals surface area contributed by atoms with Crippen molar-refractivity contribution in [2.24, 2.45) is 0 Å². The first-order chi connectivity index (χ1) is 22.6. The summed E-state index contributed by atoms with van der Waals surface area (Å²) >= 11 is 1.22. The molecule has 0 bridgehead atoms. The van der Waals surface area contributed by atoms with Gasteiger partial charge in [-0.2, -0.15) is 8.42 Å². The fourth-order valence-corrected chi connectivity index (χ4v) is 7.35. The third kappa shape index (κ3) is 10.6. The average Bonchev–Trinajstić information content (AvgIpc) is 3.06. The summed E-state index contributed by atoms with van der Waals surface area (Å²) in [6.45, 7) is 6.59. The minimum absolute atomic E-state index is 0.0228. The summed E-state index contributed by atoms with van der Waals surface area (Å²) in [5.41, 5.74) is 2.94. The summed E-state index contributed by atoms with van der Waals surface area (Å²) in [6, 6.07) is 24.7. The van der Waals surface area contributed by atoms with Gasteiger partial charge in [0.05, 0.1) is 6.61 Å². The fourth-order valence-electron chi connectivity index (χ4n) is 5.49. The lowest BCUT2D eigenvalue weighted by Gasteiger charge is -2.21. The SMILES string of the molecule is CCCCCCCN(C)Cc1ccc(O)c(C(O)c2ccccc2-c2ccc(Sc3ccc(OCCCC)cc3)c(S(=O)(=O)O)c2)c1. The van der Waals surface area contributed by atoms with Crippen LogP contribution in [-0.2, 0) is 16.7 Å². The average molecular weight is 678 g/mol. The highest BCUT2D eigenvalue weighted by Crippen LogP contribution is 2.40. The van der Waals surface area contributed by atoms with E-state index in [0.29, 0.717) is 40.3 Å². The largest absolute Gasteiger partial charge is 0.508 e. The van der Waals surface area contributed by atoms with Crippen LogP contribution in [0.2, 0.25) is 0 Å². The van der Waals surface area contributed by atoms with Crippen LogP contribution < -0.4 is 4.74 Å². The summed E-state index contributed by atoms with van der Waals surface area (Å²) < 4.78 is 41.1. The van der Waals surface area contributed by atoms with Crippen molar-refractivity contribution >= 4 is 21.9 Å². The number of phenolic OH excluding ortho intramolecular Hbond substituents is 1. The molecule has 0 fully saturated rings. The number of benzene rings is 4. The van der Waals surface area contributed by atoms with Gasteiger partial charge in [0.1, 0.15) is 22.5 Å². The number of phenols is 1. The van der Waals surface area contributed by atoms with E-state index in [-0.39, 0.29) is 10.6 Å². The maximum absolute atomic E-state index is 12.6. The smallest absolute Gasteiger partial charge is 0.295 e. The van der Waals surface area contributed by atoms with Crippen molar-refractivity contribution in [2.45, 2.75) is 86.1 Å². The zero-order valence-electron chi connectivity index (χ0n) is 27.6. The molecular formula is C38H47NO6S2. The fraction of sp³-hybridized carbons (Fsp3) is 0.368. The highest BCUT2D eigenvalue weighted by Gasteiger charge is 2.22. The van der Waals surface area contributed by atoms with Gasteiger partial charge in [0.2, 0.25) is 0 Å². The van der Waals surface area contributed by atoms with Crippen LogP contribution >= 0.6 is 11.8 Å². The molecule has 4 aromatic carbocycles. The van der Waals surface area contributed by atoms with Crippen molar-refractivity contribution in [1.82, 2.24) is 4.90 Å². The van der Waals surface area contributed by atoms with Gasteiger partial charge in [0, 0.05) is 21.9 Å². The molecule has 47 heavy (non-hydrogen) atoms. The first-order valence-electron chi connectivity index (χ1n) is 16.4. The summed E-state index contributed by atoms with van der Waals surface area (Å²) in [4.78, 5) is 3.18. The first-order valence-corrected chi connectivity index (χ1v) is 18.7. The van der Waals surface area contributed by atoms with Crippen molar-refractivity contribution in [2.75, 3.05) is 20.2 Å². The molecule has 9 heteroatoms. The summed E-state index contributed by atoms with van der Waals surface area (Å²) in [6.07, 6.45) is 6.88. The number of aromatic hydroxyl groups is 1. The summed E-state index contributed by atoms with van der Waals surface area (Å²) in [5.74, 6) is 0.718. The van der Waals surface area contributed by atoms with E-state index in [0.717, 1.165) is 42.0 Å². The third-order valence-corrected chi connectivity index (χ3v) is 10.2. The van der Waals surface area contributed by atoms with Crippen molar-refractivity contribution < 1.29 is 27.9 Å². The molecule has 1 atom stereocenters. The molecule has 0 heterocycles. The molecule has 4 rings (SSSR count). The van der Waals surface area contributed by atoms with E-state index in [4.69, 9.17) is 4.74 Å². The van der Waals surface area contributed by atoms with Crippen LogP contribution in [0.15, 0.2) is 99.6 Å². The van der Waals surface area contributed by atoms with E-state index in [9.17, 15) is 23.2 Å². The van der Waals surface area contributed by atoms with Crippen LogP contribution in [0.5, 0.6) is 11.5 Å². The van der Waals surface area contributed by atoms with Crippen LogP contribution in [-0.4, -0.2) is 48.3 Å². The van der Waals surface area contributed by atoms with Crippen molar-refractivity contribution in [3.63, 3.8) is 0 Å². The number of ether oxygens (including phenoxy) is 1. The highest BCUT2D eigenvalue weighted by molar-refractivity contribution is 8.00. The molecule has 252 valence electrons. The molecule has 0 spiro atoms. The monoisotopic (exact) mass is 677 g/mol. The molecule has 1 unspecified atom stereocenters. The first kappa shape index (κ1) is 36.5. The molecule has 0 saturated carbocycles. The van der Waals surface area contributed by atoms with Gasteiger partial charge in [-0.15, -0.1) is 0 Å². The van der Waals surface area contributed by atoms with Gasteiger partial charge < -0.3 is 19.8 Å². The Hall–Kier alpha value is -3.34. The molecule has 0 aliphatic rings. The predicted octanol–water partition coefficient (Wildman–Crippen LogP) is 9.12. The second-order valence-corrected chi connectivity index (χ2v) is 14.5. The minimum Gasteiger partial charge on any atom is -0.508 e. The Labute approximate surface area is 284 Å². The lowest BCUT2D eigenvalue weighted by Crippen LogP contribution is -2.19. The third-order valence-electron chi connectivity index (χ3n) is 8.09. The van der Waals surface area contributed by atoms with Gasteiger partial charge in [-0.1, -0.05) is 94.1 Å². The summed E-state index contributed by atoms with van der Waals surface area (Å²) in [7, 11) is -2.51. The number of aliphatic hydroxyl groups excluding tert-OH is 1. The normalized spacial score (nSPS) is 12.4. The van der Waals surface area contributed by atoms with E-state index < -0.39 is 16.2 Å². The maximum Gasteiger partial charge on any atom is 0.295 e. The number of rotatable bonds is 18. The van der Waals surface area contributed by atoms with E-state index in [1.165, 1.54) is 43.5 Å². The number of nitrogens with zero attached hydrogens (tertiary/aromatic N) is 1. The Balaban J connectivity index is 1.57. The molecule has 0 aromatic heterocycles. The zero-order chi connectivity index (χ0) is 33.8. The van der Waals surface area contributed by atoms with Crippen LogP contribution in [0.25, 0.3) is 11.1 Å². The van der Waals surface area contributed by atoms with E-state index >= 15 is 0 Å². The molecule has 0 amide bonds. The Morgan fingerprint density at radius 2 is 1.55 bits per heavy atom. The van der Waals surface area contributed by atoms with Crippen molar-refractivity contribution in [3.8, 4) is 22.6 Å². The quantitative estimate of drug-likeness (QED) is 0.0707. The van der Waals surface area contributed by atoms with Gasteiger partial charge in [-0.25, -0.2) is 0 Å². The predicted molar refractivity (Wildman–Crippen MR) is 190 cm³/mol. The second kappa shape index (κ2) is 17.7. The summed E-state index contributed by atoms with van der Waals surface area (Å²) in [5, 5.41) is 22.4. The Kier molecular flexibility index (Phi) is 13.8. The molecule has 0 saturated heterocycles. The zero-order valence-corrected chi connectivity index (χ0v) is 29.2. The number of hydrogen-bond acceptors (Lipinski definition) is 7. The van der Waals surface area contributed by atoms with Crippen molar-refractivity contribution in [3.05, 3.63) is 102 Å². The van der Waals surface area contributed by atoms with Crippen LogP contribution in [0.1, 0.15) is 81.6 Å². The van der Waals surface area contributed by atoms with Crippen LogP contribution in [0.4, 0.5) is 0 Å². The molecule has 0 aliphatic carbocycles. The highest BCUT2D eigenvalue weighted by atomic mass is 32.2. The maximum atomic E-state index is 12.6. The molecule has 7 nitrogen and oxygen atoms in total. The molecule has 0 aliphatic heterocycles. The Morgan fingerprint density at radius 3 is 2.28 bits per heavy atom. The van der Waals surface area contributed by atoms with E-state index in [2.05, 4.69) is 25.8 Å². The molecular weight excluding hydrogens is 631 g/mol. The number of unbranched alkanes of at least 4 members (excludes halogenated alkanes) is 5. The molecule has 4 aromatic rings. The Morgan fingerprint density at radius 1 is 0.830 bits per heavy atom. The van der Waals surface area contributed by atoms with Crippen molar-refractivity contribution in [1.29, 1.82) is 0 Å². The van der Waals surface area contributed by atoms with Gasteiger partial charge >= 0.3 is 0 Å². The topological polar surface area (TPSA) is 107 Å². The van der Waals surface area contributed by atoms with Gasteiger partial charge in [0.25, 0.3) is 10.1 Å². The van der Waals surface area contributed by atoms with E-state index in [1.807, 2.05) is 36.4 Å². The molecule has 3 N–H and O–H groups in total. The second-order valence-electron chi connectivity index (χ2n) is 11.9. The lowest BCUT2D eigenvalue weighted by molar-refractivity contribution is 0.215. The van der Waals surface area contributed by atoms with E-state index in [1.54, 1.807) is 42.5 Å². The Bertz CT molecular complexity index is 1690. The van der Waals surface area contributed by atoms with Gasteiger partial charge in [-0.3, -0.25) is 4.55 Å². The minimum atomic E-state index is -4.58. The lowest BCUT2D eigenvalue weighted by atomic mass is 9.91. The molecule has 0 radical (unpaired) electrons. The van der Waals surface area contributed by atoms with Crippen LogP contribution in [0, 0.1) is 0 Å².